The molecule has 4 heteroatoms. The number of hydrogen-bond acceptors (Lipinski definition) is 4. The van der Waals surface area contributed by atoms with Crippen LogP contribution in [0.2, 0.25) is 0 Å². The molecule has 20 heavy (non-hydrogen) atoms. The molecule has 1 aromatic carbocycles. The van der Waals surface area contributed by atoms with Crippen LogP contribution in [0.15, 0.2) is 18.2 Å². The molecule has 1 aliphatic rings. The molecule has 2 unspecified atom stereocenters. The first-order chi connectivity index (χ1) is 9.70. The van der Waals surface area contributed by atoms with Gasteiger partial charge < -0.3 is 19.9 Å². The SMILES string of the molecule is COc1cc(C(C)NCCC2CCCCO2)ccc1O. The van der Waals surface area contributed by atoms with Gasteiger partial charge in [-0.3, -0.25) is 0 Å². The molecule has 1 saturated heterocycles. The van der Waals surface area contributed by atoms with Gasteiger partial charge in [-0.15, -0.1) is 0 Å². The Morgan fingerprint density at radius 2 is 2.30 bits per heavy atom. The van der Waals surface area contributed by atoms with Crippen molar-refractivity contribution >= 4 is 0 Å². The van der Waals surface area contributed by atoms with Gasteiger partial charge in [-0.2, -0.15) is 0 Å². The first-order valence-electron chi connectivity index (χ1n) is 7.42. The zero-order chi connectivity index (χ0) is 14.4. The van der Waals surface area contributed by atoms with Crippen LogP contribution in [0.4, 0.5) is 0 Å². The third-order valence-corrected chi connectivity index (χ3v) is 3.89. The lowest BCUT2D eigenvalue weighted by Crippen LogP contribution is -2.27. The molecule has 112 valence electrons. The van der Waals surface area contributed by atoms with Crippen LogP contribution in [0, 0.1) is 0 Å². The summed E-state index contributed by atoms with van der Waals surface area (Å²) in [5, 5.41) is 13.1. The van der Waals surface area contributed by atoms with Crippen LogP contribution in [0.3, 0.4) is 0 Å². The Kier molecular flexibility index (Phi) is 5.68. The van der Waals surface area contributed by atoms with Gasteiger partial charge in [0, 0.05) is 12.6 Å². The number of phenolic OH excluding ortho intramolecular Hbond substituents is 1. The number of ether oxygens (including phenoxy) is 2. The van der Waals surface area contributed by atoms with Crippen LogP contribution < -0.4 is 10.1 Å². The summed E-state index contributed by atoms with van der Waals surface area (Å²) >= 11 is 0. The average Bonchev–Trinajstić information content (AvgIpc) is 2.48. The summed E-state index contributed by atoms with van der Waals surface area (Å²) in [6.07, 6.45) is 5.14. The first kappa shape index (κ1) is 15.1. The van der Waals surface area contributed by atoms with E-state index in [9.17, 15) is 5.11 Å². The number of benzene rings is 1. The Labute approximate surface area is 121 Å². The van der Waals surface area contributed by atoms with Gasteiger partial charge in [0.25, 0.3) is 0 Å². The monoisotopic (exact) mass is 279 g/mol. The molecule has 2 N–H and O–H groups in total. The maximum atomic E-state index is 9.60. The largest absolute Gasteiger partial charge is 0.504 e. The van der Waals surface area contributed by atoms with E-state index < -0.39 is 0 Å². The molecule has 4 nitrogen and oxygen atoms in total. The third-order valence-electron chi connectivity index (χ3n) is 3.89. The second-order valence-electron chi connectivity index (χ2n) is 5.38. The predicted octanol–water partition coefficient (Wildman–Crippen LogP) is 3.01. The molecule has 0 radical (unpaired) electrons. The fraction of sp³-hybridized carbons (Fsp3) is 0.625. The molecule has 1 aliphatic heterocycles. The molecule has 1 fully saturated rings. The highest BCUT2D eigenvalue weighted by molar-refractivity contribution is 5.42. The van der Waals surface area contributed by atoms with Crippen molar-refractivity contribution in [3.63, 3.8) is 0 Å². The van der Waals surface area contributed by atoms with Gasteiger partial charge in [0.1, 0.15) is 0 Å². The number of nitrogens with one attached hydrogen (secondary N) is 1. The average molecular weight is 279 g/mol. The summed E-state index contributed by atoms with van der Waals surface area (Å²) in [7, 11) is 1.57. The van der Waals surface area contributed by atoms with Gasteiger partial charge in [0.15, 0.2) is 11.5 Å². The van der Waals surface area contributed by atoms with Crippen molar-refractivity contribution in [1.82, 2.24) is 5.32 Å². The maximum absolute atomic E-state index is 9.60. The molecule has 1 heterocycles. The van der Waals surface area contributed by atoms with E-state index in [1.165, 1.54) is 19.3 Å². The predicted molar refractivity (Wildman–Crippen MR) is 79.3 cm³/mol. The molecule has 0 aromatic heterocycles. The van der Waals surface area contributed by atoms with Gasteiger partial charge in [0.2, 0.25) is 0 Å². The van der Waals surface area contributed by atoms with Gasteiger partial charge in [-0.05, 0) is 56.8 Å². The minimum absolute atomic E-state index is 0.180. The normalized spacial score (nSPS) is 20.6. The summed E-state index contributed by atoms with van der Waals surface area (Å²) in [5.74, 6) is 0.700. The molecular weight excluding hydrogens is 254 g/mol. The lowest BCUT2D eigenvalue weighted by Gasteiger charge is -2.23. The first-order valence-corrected chi connectivity index (χ1v) is 7.42. The summed E-state index contributed by atoms with van der Waals surface area (Å²) in [5.41, 5.74) is 1.12. The van der Waals surface area contributed by atoms with E-state index in [0.717, 1.165) is 25.1 Å². The molecule has 0 saturated carbocycles. The van der Waals surface area contributed by atoms with Crippen LogP contribution in [0.25, 0.3) is 0 Å². The number of rotatable bonds is 6. The quantitative estimate of drug-likeness (QED) is 0.840. The van der Waals surface area contributed by atoms with Crippen molar-refractivity contribution in [2.24, 2.45) is 0 Å². The zero-order valence-electron chi connectivity index (χ0n) is 12.4. The lowest BCUT2D eigenvalue weighted by molar-refractivity contribution is 0.0112. The van der Waals surface area contributed by atoms with Crippen LogP contribution in [0.5, 0.6) is 11.5 Å². The molecule has 0 spiro atoms. The Morgan fingerprint density at radius 1 is 1.45 bits per heavy atom. The van der Waals surface area contributed by atoms with Crippen LogP contribution in [-0.4, -0.2) is 31.5 Å². The lowest BCUT2D eigenvalue weighted by atomic mass is 10.1. The van der Waals surface area contributed by atoms with Crippen molar-refractivity contribution in [3.8, 4) is 11.5 Å². The maximum Gasteiger partial charge on any atom is 0.160 e. The van der Waals surface area contributed by atoms with Crippen molar-refractivity contribution in [1.29, 1.82) is 0 Å². The third kappa shape index (κ3) is 4.12. The van der Waals surface area contributed by atoms with Gasteiger partial charge in [-0.1, -0.05) is 6.07 Å². The van der Waals surface area contributed by atoms with E-state index in [0.29, 0.717) is 11.9 Å². The second-order valence-corrected chi connectivity index (χ2v) is 5.38. The van der Waals surface area contributed by atoms with E-state index in [4.69, 9.17) is 9.47 Å². The zero-order valence-corrected chi connectivity index (χ0v) is 12.4. The van der Waals surface area contributed by atoms with Gasteiger partial charge in [-0.25, -0.2) is 0 Å². The van der Waals surface area contributed by atoms with Crippen LogP contribution >= 0.6 is 0 Å². The van der Waals surface area contributed by atoms with Gasteiger partial charge >= 0.3 is 0 Å². The number of phenols is 1. The highest BCUT2D eigenvalue weighted by Crippen LogP contribution is 2.28. The topological polar surface area (TPSA) is 50.7 Å². The second kappa shape index (κ2) is 7.50. The van der Waals surface area contributed by atoms with E-state index in [-0.39, 0.29) is 11.8 Å². The van der Waals surface area contributed by atoms with E-state index >= 15 is 0 Å². The molecule has 2 rings (SSSR count). The van der Waals surface area contributed by atoms with E-state index in [1.807, 2.05) is 12.1 Å². The number of hydrogen-bond donors (Lipinski definition) is 2. The van der Waals surface area contributed by atoms with Crippen molar-refractivity contribution < 1.29 is 14.6 Å². The fourth-order valence-electron chi connectivity index (χ4n) is 2.58. The Hall–Kier alpha value is -1.26. The highest BCUT2D eigenvalue weighted by Gasteiger charge is 2.14. The summed E-state index contributed by atoms with van der Waals surface area (Å²) in [6.45, 7) is 3.97. The summed E-state index contributed by atoms with van der Waals surface area (Å²) < 4.78 is 10.9. The van der Waals surface area contributed by atoms with Gasteiger partial charge in [0.05, 0.1) is 13.2 Å². The minimum atomic E-state index is 0.180. The van der Waals surface area contributed by atoms with E-state index in [1.54, 1.807) is 13.2 Å². The Bertz CT molecular complexity index is 416. The smallest absolute Gasteiger partial charge is 0.160 e. The molecular formula is C16H25NO3. The minimum Gasteiger partial charge on any atom is -0.504 e. The highest BCUT2D eigenvalue weighted by atomic mass is 16.5. The van der Waals surface area contributed by atoms with Crippen LogP contribution in [0.1, 0.15) is 44.2 Å². The number of methoxy groups -OCH3 is 1. The molecule has 0 aliphatic carbocycles. The molecule has 0 amide bonds. The molecule has 1 aromatic rings. The van der Waals surface area contributed by atoms with Crippen LogP contribution in [-0.2, 0) is 4.74 Å². The summed E-state index contributed by atoms with van der Waals surface area (Å²) in [6, 6.07) is 5.71. The van der Waals surface area contributed by atoms with Crippen molar-refractivity contribution in [3.05, 3.63) is 23.8 Å². The molecule has 2 atom stereocenters. The Balaban J connectivity index is 1.80. The van der Waals surface area contributed by atoms with Crippen molar-refractivity contribution in [2.75, 3.05) is 20.3 Å². The molecule has 0 bridgehead atoms. The van der Waals surface area contributed by atoms with E-state index in [2.05, 4.69) is 12.2 Å². The fourth-order valence-corrected chi connectivity index (χ4v) is 2.58. The Morgan fingerprint density at radius 3 is 3.00 bits per heavy atom. The number of aromatic hydroxyl groups is 1. The summed E-state index contributed by atoms with van der Waals surface area (Å²) in [4.78, 5) is 0. The standard InChI is InChI=1S/C16H25NO3/c1-12(13-6-7-15(18)16(11-13)19-2)17-9-8-14-5-3-4-10-20-14/h6-7,11-12,14,17-18H,3-5,8-10H2,1-2H3. The van der Waals surface area contributed by atoms with Crippen molar-refractivity contribution in [2.45, 2.75) is 44.8 Å².